The van der Waals surface area contributed by atoms with Gasteiger partial charge in [0.1, 0.15) is 0 Å². The molecule has 1 aliphatic rings. The van der Waals surface area contributed by atoms with Gasteiger partial charge in [0.05, 0.1) is 10.5 Å². The van der Waals surface area contributed by atoms with E-state index in [0.717, 1.165) is 19.0 Å². The number of rotatable bonds is 8. The fourth-order valence-corrected chi connectivity index (χ4v) is 4.15. The lowest BCUT2D eigenvalue weighted by molar-refractivity contribution is 0.111. The van der Waals surface area contributed by atoms with E-state index in [-0.39, 0.29) is 5.75 Å². The predicted octanol–water partition coefficient (Wildman–Crippen LogP) is 2.97. The Hall–Kier alpha value is -0.780. The lowest BCUT2D eigenvalue weighted by Gasteiger charge is -2.42. The van der Waals surface area contributed by atoms with Crippen LogP contribution in [0.15, 0.2) is 4.99 Å². The smallest absolute Gasteiger partial charge is 0.191 e. The molecular weight excluding hydrogens is 322 g/mol. The molecule has 24 heavy (non-hydrogen) atoms. The third-order valence-electron chi connectivity index (χ3n) is 4.77. The van der Waals surface area contributed by atoms with E-state index >= 15 is 0 Å². The predicted molar refractivity (Wildman–Crippen MR) is 103 cm³/mol. The summed E-state index contributed by atoms with van der Waals surface area (Å²) in [6.45, 7) is 13.8. The maximum Gasteiger partial charge on any atom is 0.191 e. The summed E-state index contributed by atoms with van der Waals surface area (Å²) in [6, 6.07) is 0. The van der Waals surface area contributed by atoms with E-state index in [4.69, 9.17) is 4.99 Å². The van der Waals surface area contributed by atoms with Crippen molar-refractivity contribution in [2.75, 3.05) is 25.4 Å². The summed E-state index contributed by atoms with van der Waals surface area (Å²) in [6.07, 6.45) is 5.03. The van der Waals surface area contributed by atoms with E-state index in [2.05, 4.69) is 24.5 Å². The molecule has 1 fully saturated rings. The maximum atomic E-state index is 12.2. The minimum Gasteiger partial charge on any atom is -0.357 e. The summed E-state index contributed by atoms with van der Waals surface area (Å²) in [7, 11) is -3.11. The first-order valence-corrected chi connectivity index (χ1v) is 10.9. The molecule has 5 nitrogen and oxygen atoms in total. The van der Waals surface area contributed by atoms with Gasteiger partial charge in [0.2, 0.25) is 0 Å². The highest BCUT2D eigenvalue weighted by atomic mass is 32.2. The second-order valence-corrected chi connectivity index (χ2v) is 11.4. The van der Waals surface area contributed by atoms with Crippen LogP contribution in [0, 0.1) is 11.3 Å². The molecule has 0 bridgehead atoms. The number of hydrogen-bond donors (Lipinski definition) is 2. The molecule has 0 radical (unpaired) electrons. The van der Waals surface area contributed by atoms with Crippen molar-refractivity contribution >= 4 is 15.8 Å². The van der Waals surface area contributed by atoms with Gasteiger partial charge in [-0.3, -0.25) is 4.99 Å². The fourth-order valence-electron chi connectivity index (χ4n) is 3.17. The van der Waals surface area contributed by atoms with Crippen molar-refractivity contribution in [1.82, 2.24) is 10.6 Å². The van der Waals surface area contributed by atoms with Gasteiger partial charge >= 0.3 is 0 Å². The van der Waals surface area contributed by atoms with Crippen molar-refractivity contribution in [2.45, 2.75) is 72.0 Å². The van der Waals surface area contributed by atoms with Gasteiger partial charge in [0.15, 0.2) is 15.8 Å². The SMILES string of the molecule is CCNC(=NCC1(CC(C)C)CCC1)NCCS(=O)(=O)C(C)(C)C. The zero-order chi connectivity index (χ0) is 18.4. The largest absolute Gasteiger partial charge is 0.357 e. The molecule has 0 unspecified atom stereocenters. The van der Waals surface area contributed by atoms with Crippen LogP contribution in [0.4, 0.5) is 0 Å². The molecule has 0 aromatic rings. The third-order valence-corrected chi connectivity index (χ3v) is 7.38. The van der Waals surface area contributed by atoms with Crippen molar-refractivity contribution in [3.63, 3.8) is 0 Å². The zero-order valence-corrected chi connectivity index (χ0v) is 17.2. The Morgan fingerprint density at radius 2 is 1.83 bits per heavy atom. The lowest BCUT2D eigenvalue weighted by atomic mass is 9.64. The van der Waals surface area contributed by atoms with E-state index in [1.165, 1.54) is 25.7 Å². The van der Waals surface area contributed by atoms with Crippen molar-refractivity contribution in [3.05, 3.63) is 0 Å². The van der Waals surface area contributed by atoms with Crippen LogP contribution in [0.3, 0.4) is 0 Å². The Bertz CT molecular complexity index is 515. The maximum absolute atomic E-state index is 12.2. The topological polar surface area (TPSA) is 70.6 Å². The van der Waals surface area contributed by atoms with Crippen LogP contribution in [0.2, 0.25) is 0 Å². The Morgan fingerprint density at radius 3 is 2.25 bits per heavy atom. The zero-order valence-electron chi connectivity index (χ0n) is 16.4. The van der Waals surface area contributed by atoms with E-state index < -0.39 is 14.6 Å². The molecule has 0 aliphatic heterocycles. The van der Waals surface area contributed by atoms with Gasteiger partial charge in [-0.2, -0.15) is 0 Å². The van der Waals surface area contributed by atoms with Crippen LogP contribution >= 0.6 is 0 Å². The first kappa shape index (κ1) is 21.3. The second kappa shape index (κ2) is 8.54. The van der Waals surface area contributed by atoms with Crippen molar-refractivity contribution < 1.29 is 8.42 Å². The molecule has 0 atom stereocenters. The molecule has 6 heteroatoms. The summed E-state index contributed by atoms with van der Waals surface area (Å²) in [5.41, 5.74) is 0.355. The molecule has 1 rings (SSSR count). The minimum absolute atomic E-state index is 0.123. The molecular formula is C18H37N3O2S. The van der Waals surface area contributed by atoms with E-state index in [0.29, 0.717) is 17.9 Å². The first-order valence-electron chi connectivity index (χ1n) is 9.26. The van der Waals surface area contributed by atoms with Crippen LogP contribution in [-0.2, 0) is 9.84 Å². The van der Waals surface area contributed by atoms with Gasteiger partial charge in [-0.25, -0.2) is 8.42 Å². The molecule has 2 N–H and O–H groups in total. The monoisotopic (exact) mass is 359 g/mol. The lowest BCUT2D eigenvalue weighted by Crippen LogP contribution is -2.43. The normalized spacial score (nSPS) is 18.4. The Labute approximate surface area is 149 Å². The Kier molecular flexibility index (Phi) is 7.57. The number of guanidine groups is 1. The van der Waals surface area contributed by atoms with Gasteiger partial charge in [0, 0.05) is 19.6 Å². The third kappa shape index (κ3) is 6.26. The highest BCUT2D eigenvalue weighted by Crippen LogP contribution is 2.46. The van der Waals surface area contributed by atoms with E-state index in [1.807, 2.05) is 6.92 Å². The number of hydrogen-bond acceptors (Lipinski definition) is 3. The summed E-state index contributed by atoms with van der Waals surface area (Å²) in [5.74, 6) is 1.54. The Balaban J connectivity index is 2.60. The van der Waals surface area contributed by atoms with Crippen molar-refractivity contribution in [2.24, 2.45) is 16.3 Å². The van der Waals surface area contributed by atoms with Crippen molar-refractivity contribution in [3.8, 4) is 0 Å². The summed E-state index contributed by atoms with van der Waals surface area (Å²) in [5, 5.41) is 6.41. The quantitative estimate of drug-likeness (QED) is 0.516. The van der Waals surface area contributed by atoms with Crippen LogP contribution in [-0.4, -0.2) is 44.5 Å². The molecule has 0 amide bonds. The molecule has 0 heterocycles. The van der Waals surface area contributed by atoms with Crippen LogP contribution in [0.25, 0.3) is 0 Å². The number of nitrogens with zero attached hydrogens (tertiary/aromatic N) is 1. The van der Waals surface area contributed by atoms with Gasteiger partial charge in [-0.1, -0.05) is 20.3 Å². The number of nitrogens with one attached hydrogen (secondary N) is 2. The molecule has 0 aromatic heterocycles. The highest BCUT2D eigenvalue weighted by molar-refractivity contribution is 7.92. The number of aliphatic imine (C=N–C) groups is 1. The van der Waals surface area contributed by atoms with Gasteiger partial charge in [-0.05, 0) is 58.3 Å². The Morgan fingerprint density at radius 1 is 1.21 bits per heavy atom. The van der Waals surface area contributed by atoms with Gasteiger partial charge < -0.3 is 10.6 Å². The molecule has 1 aliphatic carbocycles. The average molecular weight is 360 g/mol. The molecule has 0 aromatic carbocycles. The fraction of sp³-hybridized carbons (Fsp3) is 0.944. The molecule has 1 saturated carbocycles. The average Bonchev–Trinajstić information content (AvgIpc) is 2.39. The first-order chi connectivity index (χ1) is 11.0. The highest BCUT2D eigenvalue weighted by Gasteiger charge is 2.37. The second-order valence-electron chi connectivity index (χ2n) is 8.50. The van der Waals surface area contributed by atoms with Gasteiger partial charge in [-0.15, -0.1) is 0 Å². The molecule has 142 valence electrons. The van der Waals surface area contributed by atoms with E-state index in [9.17, 15) is 8.42 Å². The van der Waals surface area contributed by atoms with Crippen LogP contribution in [0.1, 0.15) is 67.2 Å². The summed E-state index contributed by atoms with van der Waals surface area (Å²) < 4.78 is 23.7. The minimum atomic E-state index is -3.11. The van der Waals surface area contributed by atoms with Crippen LogP contribution < -0.4 is 10.6 Å². The summed E-state index contributed by atoms with van der Waals surface area (Å²) in [4.78, 5) is 4.74. The van der Waals surface area contributed by atoms with Crippen LogP contribution in [0.5, 0.6) is 0 Å². The van der Waals surface area contributed by atoms with E-state index in [1.54, 1.807) is 20.8 Å². The standard InChI is InChI=1S/C18H37N3O2S/c1-7-19-16(20-11-12-24(22,23)17(4,5)6)21-14-18(9-8-10-18)13-15(2)3/h15H,7-14H2,1-6H3,(H2,19,20,21). The summed E-state index contributed by atoms with van der Waals surface area (Å²) >= 11 is 0. The molecule has 0 spiro atoms. The number of sulfone groups is 1. The van der Waals surface area contributed by atoms with Crippen molar-refractivity contribution in [1.29, 1.82) is 0 Å². The molecule has 0 saturated heterocycles. The van der Waals surface area contributed by atoms with Gasteiger partial charge in [0.25, 0.3) is 0 Å².